The van der Waals surface area contributed by atoms with Gasteiger partial charge in [-0.05, 0) is 47.9 Å². The predicted octanol–water partition coefficient (Wildman–Crippen LogP) is 4.45. The lowest BCUT2D eigenvalue weighted by Crippen LogP contribution is -2.16. The van der Waals surface area contributed by atoms with Gasteiger partial charge in [0.15, 0.2) is 4.80 Å². The number of aromatic nitrogens is 1. The number of nitrogens with zero attached hydrogens (tertiary/aromatic N) is 2. The lowest BCUT2D eigenvalue weighted by Gasteiger charge is -2.03. The third-order valence-corrected chi connectivity index (χ3v) is 6.04. The molecule has 0 radical (unpaired) electrons. The van der Waals surface area contributed by atoms with E-state index in [1.807, 2.05) is 30.3 Å². The lowest BCUT2D eigenvalue weighted by atomic mass is 10.0. The largest absolute Gasteiger partial charge is 0.465 e. The van der Waals surface area contributed by atoms with E-state index in [2.05, 4.69) is 23.0 Å². The van der Waals surface area contributed by atoms with Crippen LogP contribution in [0.1, 0.15) is 31.8 Å². The van der Waals surface area contributed by atoms with E-state index in [-0.39, 0.29) is 12.5 Å². The number of methoxy groups -OCH3 is 1. The zero-order chi connectivity index (χ0) is 22.5. The Kier molecular flexibility index (Phi) is 6.29. The summed E-state index contributed by atoms with van der Waals surface area (Å²) in [6, 6.07) is 22.8. The van der Waals surface area contributed by atoms with Gasteiger partial charge in [-0.1, -0.05) is 59.7 Å². The highest BCUT2D eigenvalue weighted by atomic mass is 32.1. The molecule has 32 heavy (non-hydrogen) atoms. The zero-order valence-electron chi connectivity index (χ0n) is 17.4. The van der Waals surface area contributed by atoms with Crippen molar-refractivity contribution in [1.29, 1.82) is 0 Å². The predicted molar refractivity (Wildman–Crippen MR) is 126 cm³/mol. The molecule has 0 atom stereocenters. The molecular weight excluding hydrogens is 420 g/mol. The van der Waals surface area contributed by atoms with Crippen LogP contribution in [0.5, 0.6) is 0 Å². The van der Waals surface area contributed by atoms with Gasteiger partial charge in [0, 0.05) is 5.56 Å². The second-order valence-corrected chi connectivity index (χ2v) is 8.13. The van der Waals surface area contributed by atoms with E-state index in [0.29, 0.717) is 15.9 Å². The van der Waals surface area contributed by atoms with Crippen molar-refractivity contribution in [2.24, 2.45) is 4.99 Å². The van der Waals surface area contributed by atoms with Gasteiger partial charge in [-0.2, -0.15) is 4.99 Å². The van der Waals surface area contributed by atoms with Crippen LogP contribution in [-0.4, -0.2) is 23.6 Å². The number of thiazole rings is 1. The summed E-state index contributed by atoms with van der Waals surface area (Å²) in [5, 5.41) is 0. The number of esters is 1. The third-order valence-electron chi connectivity index (χ3n) is 5.00. The number of carbonyl (C=O) groups excluding carboxylic acids is 2. The first-order valence-electron chi connectivity index (χ1n) is 9.96. The van der Waals surface area contributed by atoms with Crippen molar-refractivity contribution in [3.05, 3.63) is 99.9 Å². The standard InChI is InChI=1S/C26H20N2O3S/c1-3-15-28-22-14-13-21(25(30)31-2)17-23(22)32-26(28)27-24(29)20-11-9-19(10-12-20)16-18-7-5-4-6-8-18/h1,4-14,17H,15-16H2,2H3. The number of terminal acetylenes is 1. The maximum Gasteiger partial charge on any atom is 0.337 e. The highest BCUT2D eigenvalue weighted by Gasteiger charge is 2.12. The molecule has 0 N–H and O–H groups in total. The molecule has 0 aliphatic carbocycles. The number of hydrogen-bond donors (Lipinski definition) is 0. The van der Waals surface area contributed by atoms with Crippen LogP contribution in [-0.2, 0) is 17.7 Å². The van der Waals surface area contributed by atoms with Crippen LogP contribution in [0.4, 0.5) is 0 Å². The summed E-state index contributed by atoms with van der Waals surface area (Å²) < 4.78 is 7.38. The molecule has 0 unspecified atom stereocenters. The fourth-order valence-corrected chi connectivity index (χ4v) is 4.46. The quantitative estimate of drug-likeness (QED) is 0.340. The number of rotatable bonds is 5. The smallest absolute Gasteiger partial charge is 0.337 e. The monoisotopic (exact) mass is 440 g/mol. The molecule has 0 spiro atoms. The Morgan fingerprint density at radius 2 is 1.69 bits per heavy atom. The van der Waals surface area contributed by atoms with Gasteiger partial charge in [-0.3, -0.25) is 4.79 Å². The number of hydrogen-bond acceptors (Lipinski definition) is 4. The van der Waals surface area contributed by atoms with E-state index in [1.165, 1.54) is 24.0 Å². The van der Waals surface area contributed by atoms with Crippen LogP contribution in [0.15, 0.2) is 77.8 Å². The minimum atomic E-state index is -0.422. The first-order valence-corrected chi connectivity index (χ1v) is 10.8. The van der Waals surface area contributed by atoms with Crippen molar-refractivity contribution in [2.75, 3.05) is 7.11 Å². The van der Waals surface area contributed by atoms with Crippen LogP contribution < -0.4 is 4.80 Å². The van der Waals surface area contributed by atoms with Crippen molar-refractivity contribution < 1.29 is 14.3 Å². The van der Waals surface area contributed by atoms with Gasteiger partial charge in [0.1, 0.15) is 0 Å². The average Bonchev–Trinajstić information content (AvgIpc) is 3.16. The van der Waals surface area contributed by atoms with Gasteiger partial charge >= 0.3 is 5.97 Å². The Morgan fingerprint density at radius 1 is 1.00 bits per heavy atom. The Bertz CT molecular complexity index is 1390. The maximum atomic E-state index is 12.8. The Balaban J connectivity index is 1.65. The number of amides is 1. The highest BCUT2D eigenvalue weighted by Crippen LogP contribution is 2.20. The number of benzene rings is 3. The summed E-state index contributed by atoms with van der Waals surface area (Å²) in [6.45, 7) is 0.264. The first kappa shape index (κ1) is 21.3. The number of fused-ring (bicyclic) bond motifs is 1. The normalized spacial score (nSPS) is 11.3. The number of carbonyl (C=O) groups is 2. The Labute approximate surface area is 189 Å². The van der Waals surface area contributed by atoms with Crippen LogP contribution in [0, 0.1) is 12.3 Å². The van der Waals surface area contributed by atoms with Crippen molar-refractivity contribution in [1.82, 2.24) is 4.57 Å². The molecule has 3 aromatic carbocycles. The van der Waals surface area contributed by atoms with Crippen LogP contribution in [0.3, 0.4) is 0 Å². The first-order chi connectivity index (χ1) is 15.6. The van der Waals surface area contributed by atoms with Gasteiger partial charge in [-0.25, -0.2) is 4.79 Å². The molecule has 0 saturated carbocycles. The summed E-state index contributed by atoms with van der Waals surface area (Å²) in [6.07, 6.45) is 6.33. The van der Waals surface area contributed by atoms with Crippen molar-refractivity contribution in [3.8, 4) is 12.3 Å². The molecular formula is C26H20N2O3S. The average molecular weight is 441 g/mol. The van der Waals surface area contributed by atoms with Crippen molar-refractivity contribution in [2.45, 2.75) is 13.0 Å². The molecule has 5 nitrogen and oxygen atoms in total. The molecule has 0 aliphatic rings. The lowest BCUT2D eigenvalue weighted by molar-refractivity contribution is 0.0601. The van der Waals surface area contributed by atoms with E-state index in [1.54, 1.807) is 34.9 Å². The minimum Gasteiger partial charge on any atom is -0.465 e. The van der Waals surface area contributed by atoms with Gasteiger partial charge in [0.05, 0.1) is 29.4 Å². The molecule has 4 aromatic rings. The summed E-state index contributed by atoms with van der Waals surface area (Å²) in [4.78, 5) is 29.5. The second kappa shape index (κ2) is 9.46. The molecule has 1 aromatic heterocycles. The van der Waals surface area contributed by atoms with E-state index in [4.69, 9.17) is 11.2 Å². The number of ether oxygens (including phenoxy) is 1. The summed E-state index contributed by atoms with van der Waals surface area (Å²) in [5.41, 5.74) is 4.07. The van der Waals surface area contributed by atoms with Crippen molar-refractivity contribution >= 4 is 33.4 Å². The van der Waals surface area contributed by atoms with Gasteiger partial charge in [-0.15, -0.1) is 6.42 Å². The molecule has 0 bridgehead atoms. The van der Waals surface area contributed by atoms with Crippen LogP contribution in [0.25, 0.3) is 10.2 Å². The van der Waals surface area contributed by atoms with Gasteiger partial charge in [0.2, 0.25) is 0 Å². The second-order valence-electron chi connectivity index (χ2n) is 7.13. The van der Waals surface area contributed by atoms with E-state index >= 15 is 0 Å². The minimum absolute atomic E-state index is 0.264. The van der Waals surface area contributed by atoms with Crippen LogP contribution in [0.2, 0.25) is 0 Å². The molecule has 0 fully saturated rings. The fraction of sp³-hybridized carbons (Fsp3) is 0.115. The third kappa shape index (κ3) is 4.53. The molecule has 158 valence electrons. The fourth-order valence-electron chi connectivity index (χ4n) is 3.40. The molecule has 0 saturated heterocycles. The summed E-state index contributed by atoms with van der Waals surface area (Å²) in [7, 11) is 1.34. The Morgan fingerprint density at radius 3 is 2.38 bits per heavy atom. The molecule has 6 heteroatoms. The molecule has 0 aliphatic heterocycles. The van der Waals surface area contributed by atoms with E-state index < -0.39 is 5.97 Å². The molecule has 1 amide bonds. The van der Waals surface area contributed by atoms with Crippen LogP contribution >= 0.6 is 11.3 Å². The SMILES string of the molecule is C#CCn1c(=NC(=O)c2ccc(Cc3ccccc3)cc2)sc2cc(C(=O)OC)ccc21. The van der Waals surface area contributed by atoms with Crippen molar-refractivity contribution in [3.63, 3.8) is 0 Å². The molecule has 4 rings (SSSR count). The zero-order valence-corrected chi connectivity index (χ0v) is 18.3. The summed E-state index contributed by atoms with van der Waals surface area (Å²) >= 11 is 1.31. The van der Waals surface area contributed by atoms with E-state index in [0.717, 1.165) is 22.2 Å². The maximum absolute atomic E-state index is 12.8. The van der Waals surface area contributed by atoms with E-state index in [9.17, 15) is 9.59 Å². The van der Waals surface area contributed by atoms with Gasteiger partial charge < -0.3 is 9.30 Å². The van der Waals surface area contributed by atoms with Gasteiger partial charge in [0.25, 0.3) is 5.91 Å². The summed E-state index contributed by atoms with van der Waals surface area (Å²) in [5.74, 6) is 1.83. The topological polar surface area (TPSA) is 60.7 Å². The Hall–Kier alpha value is -3.95. The molecule has 1 heterocycles. The highest BCUT2D eigenvalue weighted by molar-refractivity contribution is 7.16.